The van der Waals surface area contributed by atoms with Crippen LogP contribution in [0.25, 0.3) is 11.0 Å². The van der Waals surface area contributed by atoms with E-state index in [1.54, 1.807) is 13.8 Å². The van der Waals surface area contributed by atoms with E-state index in [2.05, 4.69) is 5.32 Å². The smallest absolute Gasteiger partial charge is 0.308 e. The zero-order valence-corrected chi connectivity index (χ0v) is 11.8. The summed E-state index contributed by atoms with van der Waals surface area (Å²) in [6.07, 6.45) is 0.417. The molecule has 1 amide bonds. The lowest BCUT2D eigenvalue weighted by molar-refractivity contribution is -0.141. The number of aryl methyl sites for hydroxylation is 1. The molecule has 2 N–H and O–H groups in total. The third-order valence-electron chi connectivity index (χ3n) is 3.46. The molecular formula is C15H16FNO4. The lowest BCUT2D eigenvalue weighted by atomic mass is 10.1. The SMILES string of the molecule is CCC(CNC(=O)c1oc2ccc(F)cc2c1C)C(=O)O. The molecule has 0 aliphatic carbocycles. The Morgan fingerprint density at radius 3 is 2.76 bits per heavy atom. The van der Waals surface area contributed by atoms with Crippen LogP contribution in [0.5, 0.6) is 0 Å². The maximum atomic E-state index is 13.2. The molecule has 6 heteroatoms. The highest BCUT2D eigenvalue weighted by Gasteiger charge is 2.21. The van der Waals surface area contributed by atoms with E-state index in [4.69, 9.17) is 9.52 Å². The monoisotopic (exact) mass is 293 g/mol. The number of halogens is 1. The van der Waals surface area contributed by atoms with E-state index in [0.717, 1.165) is 0 Å². The quantitative estimate of drug-likeness (QED) is 0.888. The van der Waals surface area contributed by atoms with E-state index >= 15 is 0 Å². The van der Waals surface area contributed by atoms with Crippen molar-refractivity contribution in [3.8, 4) is 0 Å². The van der Waals surface area contributed by atoms with Gasteiger partial charge in [-0.2, -0.15) is 0 Å². The predicted octanol–water partition coefficient (Wildman–Crippen LogP) is 2.72. The number of carboxylic acid groups (broad SMARTS) is 1. The Kier molecular flexibility index (Phi) is 4.26. The summed E-state index contributed by atoms with van der Waals surface area (Å²) in [5, 5.41) is 12.0. The first-order valence-corrected chi connectivity index (χ1v) is 6.63. The molecule has 0 radical (unpaired) electrons. The van der Waals surface area contributed by atoms with E-state index in [9.17, 15) is 14.0 Å². The number of carboxylic acids is 1. The average Bonchev–Trinajstić information content (AvgIpc) is 2.76. The van der Waals surface area contributed by atoms with Crippen molar-refractivity contribution < 1.29 is 23.5 Å². The minimum atomic E-state index is -0.957. The molecule has 21 heavy (non-hydrogen) atoms. The second-order valence-corrected chi connectivity index (χ2v) is 4.85. The third-order valence-corrected chi connectivity index (χ3v) is 3.46. The van der Waals surface area contributed by atoms with E-state index < -0.39 is 23.6 Å². The lowest BCUT2D eigenvalue weighted by Gasteiger charge is -2.10. The van der Waals surface area contributed by atoms with Crippen molar-refractivity contribution in [1.29, 1.82) is 0 Å². The molecule has 1 aromatic heterocycles. The Balaban J connectivity index is 2.20. The fourth-order valence-corrected chi connectivity index (χ4v) is 2.11. The highest BCUT2D eigenvalue weighted by molar-refractivity contribution is 5.99. The Morgan fingerprint density at radius 2 is 2.14 bits per heavy atom. The van der Waals surface area contributed by atoms with Crippen molar-refractivity contribution in [2.75, 3.05) is 6.54 Å². The molecule has 0 fully saturated rings. The van der Waals surface area contributed by atoms with Gasteiger partial charge >= 0.3 is 5.97 Å². The van der Waals surface area contributed by atoms with Gasteiger partial charge in [0.05, 0.1) is 5.92 Å². The van der Waals surface area contributed by atoms with Crippen molar-refractivity contribution >= 4 is 22.8 Å². The first-order valence-electron chi connectivity index (χ1n) is 6.63. The van der Waals surface area contributed by atoms with Gasteiger partial charge in [0.2, 0.25) is 0 Å². The number of fused-ring (bicyclic) bond motifs is 1. The number of aliphatic carboxylic acids is 1. The molecule has 2 rings (SSSR count). The van der Waals surface area contributed by atoms with Crippen LogP contribution in [0, 0.1) is 18.7 Å². The largest absolute Gasteiger partial charge is 0.481 e. The van der Waals surface area contributed by atoms with Gasteiger partial charge in [-0.15, -0.1) is 0 Å². The second-order valence-electron chi connectivity index (χ2n) is 4.85. The van der Waals surface area contributed by atoms with Crippen molar-refractivity contribution in [1.82, 2.24) is 5.32 Å². The van der Waals surface area contributed by atoms with Gasteiger partial charge < -0.3 is 14.8 Å². The number of hydrogen-bond acceptors (Lipinski definition) is 3. The second kappa shape index (κ2) is 5.95. The van der Waals surface area contributed by atoms with E-state index in [1.165, 1.54) is 18.2 Å². The molecule has 1 atom stereocenters. The summed E-state index contributed by atoms with van der Waals surface area (Å²) in [4.78, 5) is 23.0. The summed E-state index contributed by atoms with van der Waals surface area (Å²) in [5.41, 5.74) is 0.953. The molecular weight excluding hydrogens is 277 g/mol. The first kappa shape index (κ1) is 15.0. The normalized spacial score (nSPS) is 12.3. The van der Waals surface area contributed by atoms with E-state index in [1.807, 2.05) is 0 Å². The molecule has 0 saturated carbocycles. The Hall–Kier alpha value is -2.37. The van der Waals surface area contributed by atoms with Crippen LogP contribution in [0.2, 0.25) is 0 Å². The maximum Gasteiger partial charge on any atom is 0.308 e. The Bertz CT molecular complexity index is 692. The number of carbonyl (C=O) groups excluding carboxylic acids is 1. The van der Waals surface area contributed by atoms with E-state index in [0.29, 0.717) is 23.0 Å². The molecule has 0 aliphatic rings. The van der Waals surface area contributed by atoms with Crippen molar-refractivity contribution in [3.63, 3.8) is 0 Å². The molecule has 0 spiro atoms. The van der Waals surface area contributed by atoms with Crippen LogP contribution in [0.15, 0.2) is 22.6 Å². The number of nitrogens with one attached hydrogen (secondary N) is 1. The van der Waals surface area contributed by atoms with Gasteiger partial charge in [-0.1, -0.05) is 6.92 Å². The third kappa shape index (κ3) is 3.04. The van der Waals surface area contributed by atoms with Crippen LogP contribution in [0.4, 0.5) is 4.39 Å². The summed E-state index contributed by atoms with van der Waals surface area (Å²) in [6.45, 7) is 3.42. The number of carbonyl (C=O) groups is 2. The molecule has 0 saturated heterocycles. The summed E-state index contributed by atoms with van der Waals surface area (Å²) in [6, 6.07) is 4.02. The van der Waals surface area contributed by atoms with Crippen molar-refractivity contribution in [3.05, 3.63) is 35.3 Å². The Morgan fingerprint density at radius 1 is 1.43 bits per heavy atom. The predicted molar refractivity (Wildman–Crippen MR) is 74.7 cm³/mol. The molecule has 1 unspecified atom stereocenters. The molecule has 1 aromatic carbocycles. The average molecular weight is 293 g/mol. The number of benzene rings is 1. The molecule has 1 heterocycles. The fourth-order valence-electron chi connectivity index (χ4n) is 2.11. The van der Waals surface area contributed by atoms with Crippen molar-refractivity contribution in [2.45, 2.75) is 20.3 Å². The molecule has 2 aromatic rings. The van der Waals surface area contributed by atoms with Crippen LogP contribution < -0.4 is 5.32 Å². The van der Waals surface area contributed by atoms with Crippen LogP contribution in [-0.4, -0.2) is 23.5 Å². The highest BCUT2D eigenvalue weighted by atomic mass is 19.1. The van der Waals surface area contributed by atoms with Crippen LogP contribution in [-0.2, 0) is 4.79 Å². The van der Waals surface area contributed by atoms with Crippen LogP contribution in [0.3, 0.4) is 0 Å². The fraction of sp³-hybridized carbons (Fsp3) is 0.333. The van der Waals surface area contributed by atoms with Crippen molar-refractivity contribution in [2.24, 2.45) is 5.92 Å². The summed E-state index contributed by atoms with van der Waals surface area (Å²) in [7, 11) is 0. The van der Waals surface area contributed by atoms with Gasteiger partial charge in [0.1, 0.15) is 11.4 Å². The zero-order valence-electron chi connectivity index (χ0n) is 11.8. The summed E-state index contributed by atoms with van der Waals surface area (Å²) >= 11 is 0. The van der Waals surface area contributed by atoms with Gasteiger partial charge in [-0.05, 0) is 31.5 Å². The minimum absolute atomic E-state index is 0.0233. The van der Waals surface area contributed by atoms with Crippen LogP contribution in [0.1, 0.15) is 29.5 Å². The van der Waals surface area contributed by atoms with E-state index in [-0.39, 0.29) is 12.3 Å². The number of amides is 1. The zero-order chi connectivity index (χ0) is 15.6. The van der Waals surface area contributed by atoms with Crippen LogP contribution >= 0.6 is 0 Å². The summed E-state index contributed by atoms with van der Waals surface area (Å²) in [5.74, 6) is -2.42. The summed E-state index contributed by atoms with van der Waals surface area (Å²) < 4.78 is 18.6. The molecule has 0 aliphatic heterocycles. The van der Waals surface area contributed by atoms with Gasteiger partial charge in [0, 0.05) is 17.5 Å². The topological polar surface area (TPSA) is 79.5 Å². The minimum Gasteiger partial charge on any atom is -0.481 e. The maximum absolute atomic E-state index is 13.2. The highest BCUT2D eigenvalue weighted by Crippen LogP contribution is 2.25. The van der Waals surface area contributed by atoms with Gasteiger partial charge in [-0.25, -0.2) is 4.39 Å². The Labute approximate surface area is 120 Å². The van der Waals surface area contributed by atoms with Gasteiger partial charge in [0.25, 0.3) is 5.91 Å². The van der Waals surface area contributed by atoms with Gasteiger partial charge in [-0.3, -0.25) is 9.59 Å². The molecule has 112 valence electrons. The molecule has 5 nitrogen and oxygen atoms in total. The lowest BCUT2D eigenvalue weighted by Crippen LogP contribution is -2.32. The number of rotatable bonds is 5. The van der Waals surface area contributed by atoms with Gasteiger partial charge in [0.15, 0.2) is 5.76 Å². The molecule has 0 bridgehead atoms. The first-order chi connectivity index (χ1) is 9.93. The number of furan rings is 1. The number of hydrogen-bond donors (Lipinski definition) is 2. The standard InChI is InChI=1S/C15H16FNO4/c1-3-9(15(19)20)7-17-14(18)13-8(2)11-6-10(16)4-5-12(11)21-13/h4-6,9H,3,7H2,1-2H3,(H,17,18)(H,19,20).